The molecule has 1 aromatic rings. The quantitative estimate of drug-likeness (QED) is 0.500. The van der Waals surface area contributed by atoms with Crippen molar-refractivity contribution >= 4 is 26.9 Å². The van der Waals surface area contributed by atoms with Crippen molar-refractivity contribution in [1.29, 1.82) is 0 Å². The Bertz CT molecular complexity index is 614. The van der Waals surface area contributed by atoms with Gasteiger partial charge in [-0.2, -0.15) is 0 Å². The first-order valence-corrected chi connectivity index (χ1v) is 7.59. The highest BCUT2D eigenvalue weighted by Crippen LogP contribution is 2.29. The fourth-order valence-electron chi connectivity index (χ4n) is 2.22. The summed E-state index contributed by atoms with van der Waals surface area (Å²) in [5, 5.41) is 10.7. The predicted octanol–water partition coefficient (Wildman–Crippen LogP) is 0.800. The zero-order valence-electron chi connectivity index (χ0n) is 10.4. The van der Waals surface area contributed by atoms with E-state index in [1.807, 2.05) is 4.90 Å². The van der Waals surface area contributed by atoms with Crippen LogP contribution in [-0.4, -0.2) is 37.9 Å². The van der Waals surface area contributed by atoms with E-state index in [0.29, 0.717) is 12.1 Å². The Morgan fingerprint density at radius 1 is 1.47 bits per heavy atom. The monoisotopic (exact) mass is 285 g/mol. The van der Waals surface area contributed by atoms with E-state index in [0.717, 1.165) is 0 Å². The van der Waals surface area contributed by atoms with Gasteiger partial charge >= 0.3 is 0 Å². The summed E-state index contributed by atoms with van der Waals surface area (Å²) in [6.07, 6.45) is 0.565. The second-order valence-electron chi connectivity index (χ2n) is 4.67. The van der Waals surface area contributed by atoms with Crippen molar-refractivity contribution in [1.82, 2.24) is 0 Å². The van der Waals surface area contributed by atoms with E-state index in [-0.39, 0.29) is 28.9 Å². The molecule has 1 saturated heterocycles. The van der Waals surface area contributed by atoms with Crippen LogP contribution in [-0.2, 0) is 9.84 Å². The molecule has 19 heavy (non-hydrogen) atoms. The predicted molar refractivity (Wildman–Crippen MR) is 73.0 cm³/mol. The number of anilines is 2. The lowest BCUT2D eigenvalue weighted by atomic mass is 10.2. The maximum Gasteiger partial charge on any atom is 0.292 e. The van der Waals surface area contributed by atoms with E-state index in [9.17, 15) is 18.5 Å². The van der Waals surface area contributed by atoms with Crippen LogP contribution in [0.3, 0.4) is 0 Å². The van der Waals surface area contributed by atoms with Gasteiger partial charge in [0.05, 0.1) is 16.4 Å². The number of nitrogen functional groups attached to an aromatic ring is 1. The fraction of sp³-hybridized carbons (Fsp3) is 0.455. The summed E-state index contributed by atoms with van der Waals surface area (Å²) in [4.78, 5) is 11.9. The maximum atomic E-state index is 11.4. The number of rotatable bonds is 3. The first kappa shape index (κ1) is 13.6. The number of hydrogen-bond donors (Lipinski definition) is 1. The van der Waals surface area contributed by atoms with Crippen molar-refractivity contribution in [3.8, 4) is 0 Å². The third-order valence-electron chi connectivity index (χ3n) is 3.37. The molecular formula is C11H15N3O4S. The van der Waals surface area contributed by atoms with E-state index in [1.165, 1.54) is 12.1 Å². The molecule has 2 rings (SSSR count). The largest absolute Gasteiger partial charge is 0.393 e. The molecule has 1 aliphatic rings. The Morgan fingerprint density at radius 3 is 2.63 bits per heavy atom. The molecule has 2 N–H and O–H groups in total. The van der Waals surface area contributed by atoms with Crippen LogP contribution < -0.4 is 10.6 Å². The van der Waals surface area contributed by atoms with E-state index >= 15 is 0 Å². The third-order valence-corrected chi connectivity index (χ3v) is 5.12. The number of benzene rings is 1. The van der Waals surface area contributed by atoms with Crippen molar-refractivity contribution in [2.24, 2.45) is 0 Å². The summed E-state index contributed by atoms with van der Waals surface area (Å²) in [6, 6.07) is 4.32. The minimum atomic E-state index is -2.96. The lowest BCUT2D eigenvalue weighted by Crippen LogP contribution is -2.32. The first-order valence-electron chi connectivity index (χ1n) is 5.77. The van der Waals surface area contributed by atoms with Crippen molar-refractivity contribution in [3.63, 3.8) is 0 Å². The van der Waals surface area contributed by atoms with Gasteiger partial charge in [-0.05, 0) is 18.6 Å². The molecule has 1 heterocycles. The van der Waals surface area contributed by atoms with Gasteiger partial charge in [-0.15, -0.1) is 0 Å². The molecule has 0 saturated carbocycles. The highest BCUT2D eigenvalue weighted by molar-refractivity contribution is 7.91. The highest BCUT2D eigenvalue weighted by Gasteiger charge is 2.31. The maximum absolute atomic E-state index is 11.4. The molecule has 1 aromatic carbocycles. The van der Waals surface area contributed by atoms with Gasteiger partial charge in [0.2, 0.25) is 0 Å². The van der Waals surface area contributed by atoms with Gasteiger partial charge in [-0.3, -0.25) is 10.1 Å². The second kappa shape index (κ2) is 4.69. The zero-order chi connectivity index (χ0) is 14.2. The molecule has 1 aliphatic heterocycles. The van der Waals surface area contributed by atoms with Gasteiger partial charge in [0, 0.05) is 24.8 Å². The molecule has 0 radical (unpaired) electrons. The molecular weight excluding hydrogens is 270 g/mol. The molecule has 1 fully saturated rings. The molecule has 0 aliphatic carbocycles. The Hall–Kier alpha value is -1.83. The average Bonchev–Trinajstić information content (AvgIpc) is 2.68. The average molecular weight is 285 g/mol. The Labute approximate surface area is 111 Å². The standard InChI is InChI=1S/C11H15N3O4S/c1-13(9-4-5-19(17,18)7-9)8-2-3-11(14(15)16)10(12)6-8/h2-3,6,9H,4-5,7,12H2,1H3. The van der Waals surface area contributed by atoms with Crippen LogP contribution >= 0.6 is 0 Å². The second-order valence-corrected chi connectivity index (χ2v) is 6.90. The number of hydrogen-bond acceptors (Lipinski definition) is 6. The summed E-state index contributed by atoms with van der Waals surface area (Å²) < 4.78 is 22.9. The summed E-state index contributed by atoms with van der Waals surface area (Å²) in [5.41, 5.74) is 6.25. The molecule has 0 amide bonds. The first-order chi connectivity index (χ1) is 8.80. The van der Waals surface area contributed by atoms with Crippen molar-refractivity contribution < 1.29 is 13.3 Å². The lowest BCUT2D eigenvalue weighted by Gasteiger charge is -2.25. The van der Waals surface area contributed by atoms with Gasteiger partial charge in [-0.1, -0.05) is 0 Å². The van der Waals surface area contributed by atoms with Crippen LogP contribution in [0.4, 0.5) is 17.1 Å². The van der Waals surface area contributed by atoms with Gasteiger partial charge in [0.25, 0.3) is 5.69 Å². The van der Waals surface area contributed by atoms with E-state index in [4.69, 9.17) is 5.73 Å². The Morgan fingerprint density at radius 2 is 2.16 bits per heavy atom. The Balaban J connectivity index is 2.23. The van der Waals surface area contributed by atoms with Crippen LogP contribution in [0, 0.1) is 10.1 Å². The molecule has 0 spiro atoms. The minimum absolute atomic E-state index is 0.0789. The number of nitrogens with two attached hydrogens (primary N) is 1. The summed E-state index contributed by atoms with van der Waals surface area (Å²) in [6.45, 7) is 0. The summed E-state index contributed by atoms with van der Waals surface area (Å²) in [7, 11) is -1.19. The van der Waals surface area contributed by atoms with Crippen molar-refractivity contribution in [3.05, 3.63) is 28.3 Å². The molecule has 1 unspecified atom stereocenters. The lowest BCUT2D eigenvalue weighted by molar-refractivity contribution is -0.383. The van der Waals surface area contributed by atoms with Gasteiger partial charge in [0.1, 0.15) is 5.69 Å². The topological polar surface area (TPSA) is 107 Å². The Kier molecular flexibility index (Phi) is 3.36. The van der Waals surface area contributed by atoms with Gasteiger partial charge in [-0.25, -0.2) is 8.42 Å². The van der Waals surface area contributed by atoms with Crippen LogP contribution in [0.1, 0.15) is 6.42 Å². The number of sulfone groups is 1. The normalized spacial score (nSPS) is 21.2. The van der Waals surface area contributed by atoms with Gasteiger partial charge < -0.3 is 10.6 Å². The molecule has 1 atom stereocenters. The SMILES string of the molecule is CN(c1ccc([N+](=O)[O-])c(N)c1)C1CCS(=O)(=O)C1. The number of nitro groups is 1. The molecule has 0 aromatic heterocycles. The van der Waals surface area contributed by atoms with E-state index in [1.54, 1.807) is 13.1 Å². The van der Waals surface area contributed by atoms with Crippen LogP contribution in [0.5, 0.6) is 0 Å². The van der Waals surface area contributed by atoms with Crippen molar-refractivity contribution in [2.45, 2.75) is 12.5 Å². The smallest absolute Gasteiger partial charge is 0.292 e. The molecule has 7 nitrogen and oxygen atoms in total. The van der Waals surface area contributed by atoms with Crippen LogP contribution in [0.2, 0.25) is 0 Å². The molecule has 104 valence electrons. The van der Waals surface area contributed by atoms with E-state index in [2.05, 4.69) is 0 Å². The minimum Gasteiger partial charge on any atom is -0.393 e. The summed E-state index contributed by atoms with van der Waals surface area (Å²) in [5.74, 6) is 0.296. The highest BCUT2D eigenvalue weighted by atomic mass is 32.2. The fourth-order valence-corrected chi connectivity index (χ4v) is 3.99. The molecule has 8 heteroatoms. The number of nitrogens with zero attached hydrogens (tertiary/aromatic N) is 2. The van der Waals surface area contributed by atoms with Crippen molar-refractivity contribution in [2.75, 3.05) is 29.2 Å². The third kappa shape index (κ3) is 2.78. The number of nitro benzene ring substituents is 1. The zero-order valence-corrected chi connectivity index (χ0v) is 11.3. The van der Waals surface area contributed by atoms with E-state index < -0.39 is 14.8 Å². The van der Waals surface area contributed by atoms with Gasteiger partial charge in [0.15, 0.2) is 9.84 Å². The van der Waals surface area contributed by atoms with Crippen LogP contribution in [0.15, 0.2) is 18.2 Å². The molecule has 0 bridgehead atoms. The summed E-state index contributed by atoms with van der Waals surface area (Å²) >= 11 is 0. The van der Waals surface area contributed by atoms with Crippen LogP contribution in [0.25, 0.3) is 0 Å².